The van der Waals surface area contributed by atoms with E-state index in [1.165, 1.54) is 12.1 Å². The van der Waals surface area contributed by atoms with Gasteiger partial charge >= 0.3 is 0 Å². The first-order valence-electron chi connectivity index (χ1n) is 9.22. The number of benzene rings is 2. The Hall–Kier alpha value is -2.74. The first-order valence-corrected chi connectivity index (χ1v) is 10.7. The number of anilines is 1. The third kappa shape index (κ3) is 3.91. The lowest BCUT2D eigenvalue weighted by Crippen LogP contribution is -2.41. The number of amides is 1. The number of rotatable bonds is 6. The zero-order chi connectivity index (χ0) is 19.7. The molecule has 148 valence electrons. The number of aryl methyl sites for hydroxylation is 1. The van der Waals surface area contributed by atoms with E-state index < -0.39 is 10.0 Å². The minimum Gasteiger partial charge on any atom is -0.486 e. The number of carbonyl (C=O) groups is 1. The molecule has 1 N–H and O–H groups in total. The van der Waals surface area contributed by atoms with Gasteiger partial charge in [0.05, 0.1) is 10.6 Å². The van der Waals surface area contributed by atoms with E-state index in [1.54, 1.807) is 18.2 Å². The van der Waals surface area contributed by atoms with Crippen molar-refractivity contribution < 1.29 is 22.7 Å². The molecule has 2 aromatic rings. The van der Waals surface area contributed by atoms with E-state index in [0.29, 0.717) is 30.4 Å². The van der Waals surface area contributed by atoms with Crippen molar-refractivity contribution in [1.82, 2.24) is 5.32 Å². The van der Waals surface area contributed by atoms with Crippen LogP contribution >= 0.6 is 0 Å². The molecule has 28 heavy (non-hydrogen) atoms. The van der Waals surface area contributed by atoms with Crippen LogP contribution in [-0.4, -0.2) is 40.1 Å². The quantitative estimate of drug-likeness (QED) is 0.801. The molecule has 2 aliphatic rings. The maximum Gasteiger partial charge on any atom is 0.264 e. The Morgan fingerprint density at radius 1 is 1.07 bits per heavy atom. The number of hydrogen-bond donors (Lipinski definition) is 1. The van der Waals surface area contributed by atoms with E-state index in [-0.39, 0.29) is 23.4 Å². The Labute approximate surface area is 164 Å². The molecule has 4 rings (SSSR count). The van der Waals surface area contributed by atoms with Crippen LogP contribution in [0.1, 0.15) is 18.4 Å². The van der Waals surface area contributed by atoms with Gasteiger partial charge < -0.3 is 14.8 Å². The molecule has 0 unspecified atom stereocenters. The molecule has 0 aromatic heterocycles. The fraction of sp³-hybridized carbons (Fsp3) is 0.350. The summed E-state index contributed by atoms with van der Waals surface area (Å²) in [6.07, 6.45) is 1.87. The number of carbonyl (C=O) groups excluding carboxylic acids is 1. The zero-order valence-corrected chi connectivity index (χ0v) is 16.4. The number of nitrogens with one attached hydrogen (secondary N) is 1. The smallest absolute Gasteiger partial charge is 0.264 e. The standard InChI is InChI=1S/C20H22N2O5S/c1-14-2-6-16(7-3-14)22(13-20(23)21-15-4-5-15)28(24,25)17-8-9-18-19(12-17)27-11-10-26-18/h2-3,6-9,12,15H,4-5,10-11,13H2,1H3,(H,21,23). The van der Waals surface area contributed by atoms with Gasteiger partial charge in [0, 0.05) is 12.1 Å². The summed E-state index contributed by atoms with van der Waals surface area (Å²) in [6.45, 7) is 2.43. The molecule has 1 fully saturated rings. The molecule has 0 spiro atoms. The van der Waals surface area contributed by atoms with Crippen LogP contribution in [0.5, 0.6) is 11.5 Å². The summed E-state index contributed by atoms with van der Waals surface area (Å²) in [5.74, 6) is 0.585. The van der Waals surface area contributed by atoms with E-state index in [0.717, 1.165) is 22.7 Å². The van der Waals surface area contributed by atoms with E-state index in [2.05, 4.69) is 5.32 Å². The van der Waals surface area contributed by atoms with Gasteiger partial charge in [0.25, 0.3) is 10.0 Å². The van der Waals surface area contributed by atoms with Gasteiger partial charge in [-0.1, -0.05) is 17.7 Å². The van der Waals surface area contributed by atoms with Gasteiger partial charge in [-0.3, -0.25) is 9.10 Å². The normalized spacial score (nSPS) is 15.8. The SMILES string of the molecule is Cc1ccc(N(CC(=O)NC2CC2)S(=O)(=O)c2ccc3c(c2)OCCO3)cc1. The maximum absolute atomic E-state index is 13.4. The van der Waals surface area contributed by atoms with Crippen molar-refractivity contribution in [3.05, 3.63) is 48.0 Å². The number of ether oxygens (including phenoxy) is 2. The van der Waals surface area contributed by atoms with Crippen molar-refractivity contribution in [3.63, 3.8) is 0 Å². The first kappa shape index (κ1) is 18.6. The molecule has 1 aliphatic carbocycles. The second-order valence-corrected chi connectivity index (χ2v) is 8.86. The minimum absolute atomic E-state index is 0.0524. The van der Waals surface area contributed by atoms with Crippen molar-refractivity contribution in [2.75, 3.05) is 24.1 Å². The van der Waals surface area contributed by atoms with Gasteiger partial charge in [0.15, 0.2) is 11.5 Å². The fourth-order valence-electron chi connectivity index (χ4n) is 2.97. The Kier molecular flexibility index (Phi) is 4.89. The highest BCUT2D eigenvalue weighted by Gasteiger charge is 2.31. The predicted molar refractivity (Wildman–Crippen MR) is 104 cm³/mol. The van der Waals surface area contributed by atoms with Crippen molar-refractivity contribution >= 4 is 21.6 Å². The summed E-state index contributed by atoms with van der Waals surface area (Å²) < 4.78 is 38.9. The number of hydrogen-bond acceptors (Lipinski definition) is 5. The molecular formula is C20H22N2O5S. The highest BCUT2D eigenvalue weighted by atomic mass is 32.2. The second kappa shape index (κ2) is 7.35. The molecule has 1 amide bonds. The lowest BCUT2D eigenvalue weighted by molar-refractivity contribution is -0.119. The number of nitrogens with zero attached hydrogens (tertiary/aromatic N) is 1. The molecule has 0 radical (unpaired) electrons. The van der Waals surface area contributed by atoms with Crippen molar-refractivity contribution in [2.45, 2.75) is 30.7 Å². The number of sulfonamides is 1. The van der Waals surface area contributed by atoms with Crippen LogP contribution in [0, 0.1) is 6.92 Å². The Bertz CT molecular complexity index is 984. The lowest BCUT2D eigenvalue weighted by Gasteiger charge is -2.25. The van der Waals surface area contributed by atoms with Gasteiger partial charge in [0.2, 0.25) is 5.91 Å². The molecule has 1 heterocycles. The van der Waals surface area contributed by atoms with Crippen LogP contribution in [0.4, 0.5) is 5.69 Å². The fourth-order valence-corrected chi connectivity index (χ4v) is 4.41. The van der Waals surface area contributed by atoms with Gasteiger partial charge in [-0.2, -0.15) is 0 Å². The molecule has 8 heteroatoms. The van der Waals surface area contributed by atoms with Crippen molar-refractivity contribution in [1.29, 1.82) is 0 Å². The summed E-state index contributed by atoms with van der Waals surface area (Å²) in [6, 6.07) is 11.7. The maximum atomic E-state index is 13.4. The molecule has 0 bridgehead atoms. The molecule has 1 saturated carbocycles. The zero-order valence-electron chi connectivity index (χ0n) is 15.6. The third-order valence-electron chi connectivity index (χ3n) is 4.65. The first-order chi connectivity index (χ1) is 13.4. The van der Waals surface area contributed by atoms with E-state index in [4.69, 9.17) is 9.47 Å². The number of fused-ring (bicyclic) bond motifs is 1. The summed E-state index contributed by atoms with van der Waals surface area (Å²) in [5.41, 5.74) is 1.44. The van der Waals surface area contributed by atoms with Gasteiger partial charge in [-0.05, 0) is 44.0 Å². The average molecular weight is 402 g/mol. The Morgan fingerprint density at radius 3 is 2.43 bits per heavy atom. The third-order valence-corrected chi connectivity index (χ3v) is 6.42. The lowest BCUT2D eigenvalue weighted by atomic mass is 10.2. The summed E-state index contributed by atoms with van der Waals surface area (Å²) in [4.78, 5) is 12.4. The average Bonchev–Trinajstić information content (AvgIpc) is 3.50. The molecule has 7 nitrogen and oxygen atoms in total. The van der Waals surface area contributed by atoms with Crippen LogP contribution < -0.4 is 19.1 Å². The predicted octanol–water partition coefficient (Wildman–Crippen LogP) is 2.24. The van der Waals surface area contributed by atoms with E-state index in [9.17, 15) is 13.2 Å². The molecule has 2 aromatic carbocycles. The summed E-state index contributed by atoms with van der Waals surface area (Å²) >= 11 is 0. The van der Waals surface area contributed by atoms with Crippen LogP contribution in [-0.2, 0) is 14.8 Å². The Morgan fingerprint density at radius 2 is 1.75 bits per heavy atom. The highest BCUT2D eigenvalue weighted by Crippen LogP contribution is 2.34. The van der Waals surface area contributed by atoms with E-state index >= 15 is 0 Å². The topological polar surface area (TPSA) is 84.9 Å². The monoisotopic (exact) mass is 402 g/mol. The summed E-state index contributed by atoms with van der Waals surface area (Å²) in [7, 11) is -3.97. The van der Waals surface area contributed by atoms with Crippen LogP contribution in [0.25, 0.3) is 0 Å². The van der Waals surface area contributed by atoms with Crippen LogP contribution in [0.15, 0.2) is 47.4 Å². The highest BCUT2D eigenvalue weighted by molar-refractivity contribution is 7.92. The van der Waals surface area contributed by atoms with Crippen LogP contribution in [0.2, 0.25) is 0 Å². The van der Waals surface area contributed by atoms with Crippen molar-refractivity contribution in [2.24, 2.45) is 0 Å². The van der Waals surface area contributed by atoms with Crippen LogP contribution in [0.3, 0.4) is 0 Å². The van der Waals surface area contributed by atoms with E-state index in [1.807, 2.05) is 19.1 Å². The van der Waals surface area contributed by atoms with Gasteiger partial charge in [-0.15, -0.1) is 0 Å². The second-order valence-electron chi connectivity index (χ2n) is 6.99. The van der Waals surface area contributed by atoms with Gasteiger partial charge in [0.1, 0.15) is 19.8 Å². The van der Waals surface area contributed by atoms with Gasteiger partial charge in [-0.25, -0.2) is 8.42 Å². The summed E-state index contributed by atoms with van der Waals surface area (Å²) in [5, 5.41) is 2.85. The Balaban J connectivity index is 1.69. The molecule has 0 saturated heterocycles. The van der Waals surface area contributed by atoms with Crippen molar-refractivity contribution in [3.8, 4) is 11.5 Å². The molecule has 0 atom stereocenters. The largest absolute Gasteiger partial charge is 0.486 e. The molecule has 1 aliphatic heterocycles. The minimum atomic E-state index is -3.97. The molecular weight excluding hydrogens is 380 g/mol.